The maximum atomic E-state index is 11.2. The molecule has 13 heavy (non-hydrogen) atoms. The van der Waals surface area contributed by atoms with E-state index in [4.69, 9.17) is 5.11 Å². The monoisotopic (exact) mass is 189 g/mol. The van der Waals surface area contributed by atoms with Gasteiger partial charge in [0, 0.05) is 13.2 Å². The van der Waals surface area contributed by atoms with Gasteiger partial charge in [-0.25, -0.2) is 0 Å². The molecule has 0 aromatic rings. The van der Waals surface area contributed by atoms with Crippen LogP contribution in [0, 0.1) is 5.41 Å². The van der Waals surface area contributed by atoms with E-state index in [1.807, 2.05) is 13.8 Å². The SMILES string of the molecule is COC(=O)C(C)(C)CNCCCO. The molecule has 2 N–H and O–H groups in total. The Bertz CT molecular complexity index is 157. The molecular weight excluding hydrogens is 170 g/mol. The molecule has 0 radical (unpaired) electrons. The van der Waals surface area contributed by atoms with E-state index in [0.717, 1.165) is 6.54 Å². The first-order valence-electron chi connectivity index (χ1n) is 4.44. The van der Waals surface area contributed by atoms with Gasteiger partial charge in [0.2, 0.25) is 0 Å². The van der Waals surface area contributed by atoms with E-state index in [-0.39, 0.29) is 12.6 Å². The van der Waals surface area contributed by atoms with Crippen LogP contribution in [0.1, 0.15) is 20.3 Å². The van der Waals surface area contributed by atoms with Gasteiger partial charge < -0.3 is 15.2 Å². The second kappa shape index (κ2) is 5.94. The zero-order valence-electron chi connectivity index (χ0n) is 8.59. The Morgan fingerprint density at radius 2 is 2.15 bits per heavy atom. The standard InChI is InChI=1S/C9H19NO3/c1-9(2,8(12)13-3)7-10-5-4-6-11/h10-11H,4-7H2,1-3H3. The second-order valence-corrected chi connectivity index (χ2v) is 3.63. The summed E-state index contributed by atoms with van der Waals surface area (Å²) in [6, 6.07) is 0. The van der Waals surface area contributed by atoms with Crippen molar-refractivity contribution in [2.24, 2.45) is 5.41 Å². The van der Waals surface area contributed by atoms with Gasteiger partial charge in [-0.2, -0.15) is 0 Å². The quantitative estimate of drug-likeness (QED) is 0.461. The van der Waals surface area contributed by atoms with E-state index in [1.54, 1.807) is 0 Å². The van der Waals surface area contributed by atoms with Gasteiger partial charge in [0.25, 0.3) is 0 Å². The van der Waals surface area contributed by atoms with Crippen molar-refractivity contribution in [3.05, 3.63) is 0 Å². The molecular formula is C9H19NO3. The van der Waals surface area contributed by atoms with Crippen molar-refractivity contribution in [1.29, 1.82) is 0 Å². The first kappa shape index (κ1) is 12.4. The lowest BCUT2D eigenvalue weighted by atomic mass is 9.94. The van der Waals surface area contributed by atoms with Crippen molar-refractivity contribution >= 4 is 5.97 Å². The number of aliphatic hydroxyl groups is 1. The molecule has 0 heterocycles. The number of aliphatic hydroxyl groups excluding tert-OH is 1. The molecule has 78 valence electrons. The van der Waals surface area contributed by atoms with Gasteiger partial charge in [0.1, 0.15) is 0 Å². The minimum atomic E-state index is -0.496. The summed E-state index contributed by atoms with van der Waals surface area (Å²) in [5.41, 5.74) is -0.496. The summed E-state index contributed by atoms with van der Waals surface area (Å²) in [5.74, 6) is -0.219. The normalized spacial score (nSPS) is 11.4. The first-order chi connectivity index (χ1) is 6.04. The lowest BCUT2D eigenvalue weighted by Gasteiger charge is -2.21. The number of hydrogen-bond acceptors (Lipinski definition) is 4. The fraction of sp³-hybridized carbons (Fsp3) is 0.889. The Morgan fingerprint density at radius 3 is 2.62 bits per heavy atom. The summed E-state index contributed by atoms with van der Waals surface area (Å²) in [5, 5.41) is 11.6. The van der Waals surface area contributed by atoms with E-state index in [0.29, 0.717) is 13.0 Å². The van der Waals surface area contributed by atoms with Gasteiger partial charge in [-0.3, -0.25) is 4.79 Å². The Hall–Kier alpha value is -0.610. The van der Waals surface area contributed by atoms with Crippen LogP contribution < -0.4 is 5.32 Å². The molecule has 0 aromatic carbocycles. The minimum Gasteiger partial charge on any atom is -0.469 e. The molecule has 0 aromatic heterocycles. The van der Waals surface area contributed by atoms with Crippen LogP contribution in [0.5, 0.6) is 0 Å². The third kappa shape index (κ3) is 4.85. The summed E-state index contributed by atoms with van der Waals surface area (Å²) >= 11 is 0. The third-order valence-corrected chi connectivity index (χ3v) is 1.82. The molecule has 0 aliphatic carbocycles. The van der Waals surface area contributed by atoms with Crippen molar-refractivity contribution in [1.82, 2.24) is 5.32 Å². The number of carbonyl (C=O) groups excluding carboxylic acids is 1. The zero-order chi connectivity index (χ0) is 10.3. The lowest BCUT2D eigenvalue weighted by Crippen LogP contribution is -2.37. The predicted molar refractivity (Wildman–Crippen MR) is 50.4 cm³/mol. The third-order valence-electron chi connectivity index (χ3n) is 1.82. The Balaban J connectivity index is 3.69. The van der Waals surface area contributed by atoms with Gasteiger partial charge in [-0.15, -0.1) is 0 Å². The zero-order valence-corrected chi connectivity index (χ0v) is 8.59. The van der Waals surface area contributed by atoms with Crippen LogP contribution in [0.2, 0.25) is 0 Å². The summed E-state index contributed by atoms with van der Waals surface area (Å²) in [4.78, 5) is 11.2. The number of ether oxygens (including phenoxy) is 1. The van der Waals surface area contributed by atoms with Crippen LogP contribution >= 0.6 is 0 Å². The molecule has 0 aliphatic heterocycles. The fourth-order valence-corrected chi connectivity index (χ4v) is 0.953. The van der Waals surface area contributed by atoms with Crippen molar-refractivity contribution < 1.29 is 14.6 Å². The van der Waals surface area contributed by atoms with Crippen molar-refractivity contribution in [2.75, 3.05) is 26.8 Å². The van der Waals surface area contributed by atoms with E-state index < -0.39 is 5.41 Å². The largest absolute Gasteiger partial charge is 0.469 e. The summed E-state index contributed by atoms with van der Waals surface area (Å²) < 4.78 is 4.64. The first-order valence-corrected chi connectivity index (χ1v) is 4.44. The number of esters is 1. The van der Waals surface area contributed by atoms with Crippen molar-refractivity contribution in [3.63, 3.8) is 0 Å². The van der Waals surface area contributed by atoms with Crippen LogP contribution in [0.25, 0.3) is 0 Å². The van der Waals surface area contributed by atoms with E-state index in [2.05, 4.69) is 10.1 Å². The van der Waals surface area contributed by atoms with Crippen LogP contribution in [0.3, 0.4) is 0 Å². The molecule has 0 saturated heterocycles. The van der Waals surface area contributed by atoms with Gasteiger partial charge in [-0.05, 0) is 26.8 Å². The minimum absolute atomic E-state index is 0.172. The highest BCUT2D eigenvalue weighted by molar-refractivity contribution is 5.75. The van der Waals surface area contributed by atoms with Gasteiger partial charge in [0.15, 0.2) is 0 Å². The van der Waals surface area contributed by atoms with Crippen molar-refractivity contribution in [2.45, 2.75) is 20.3 Å². The highest BCUT2D eigenvalue weighted by Crippen LogP contribution is 2.14. The van der Waals surface area contributed by atoms with Gasteiger partial charge in [-0.1, -0.05) is 0 Å². The van der Waals surface area contributed by atoms with Gasteiger partial charge in [0.05, 0.1) is 12.5 Å². The summed E-state index contributed by atoms with van der Waals surface area (Å²) in [6.07, 6.45) is 0.706. The second-order valence-electron chi connectivity index (χ2n) is 3.63. The molecule has 0 atom stereocenters. The molecule has 0 spiro atoms. The van der Waals surface area contributed by atoms with Crippen LogP contribution in [0.15, 0.2) is 0 Å². The Kier molecular flexibility index (Phi) is 5.66. The molecule has 0 fully saturated rings. The van der Waals surface area contributed by atoms with Crippen LogP contribution in [-0.2, 0) is 9.53 Å². The number of nitrogens with one attached hydrogen (secondary N) is 1. The molecule has 4 heteroatoms. The molecule has 0 rings (SSSR count). The van der Waals surface area contributed by atoms with Crippen LogP contribution in [-0.4, -0.2) is 37.9 Å². The number of carbonyl (C=O) groups is 1. The predicted octanol–water partition coefficient (Wildman–Crippen LogP) is 0.158. The molecule has 0 unspecified atom stereocenters. The maximum absolute atomic E-state index is 11.2. The Labute approximate surface area is 79.3 Å². The van der Waals surface area contributed by atoms with E-state index in [1.165, 1.54) is 7.11 Å². The van der Waals surface area contributed by atoms with E-state index in [9.17, 15) is 4.79 Å². The average molecular weight is 189 g/mol. The summed E-state index contributed by atoms with van der Waals surface area (Å²) in [6.45, 7) is 5.11. The lowest BCUT2D eigenvalue weighted by molar-refractivity contribution is -0.150. The smallest absolute Gasteiger partial charge is 0.312 e. The highest BCUT2D eigenvalue weighted by atomic mass is 16.5. The number of methoxy groups -OCH3 is 1. The van der Waals surface area contributed by atoms with Crippen LogP contribution in [0.4, 0.5) is 0 Å². The number of rotatable bonds is 6. The number of hydrogen-bond donors (Lipinski definition) is 2. The summed E-state index contributed by atoms with van der Waals surface area (Å²) in [7, 11) is 1.39. The average Bonchev–Trinajstić information content (AvgIpc) is 2.11. The molecule has 0 aliphatic rings. The fourth-order valence-electron chi connectivity index (χ4n) is 0.953. The Morgan fingerprint density at radius 1 is 1.54 bits per heavy atom. The molecule has 0 bridgehead atoms. The van der Waals surface area contributed by atoms with Gasteiger partial charge >= 0.3 is 5.97 Å². The molecule has 0 saturated carbocycles. The highest BCUT2D eigenvalue weighted by Gasteiger charge is 2.27. The van der Waals surface area contributed by atoms with E-state index >= 15 is 0 Å². The van der Waals surface area contributed by atoms with Crippen molar-refractivity contribution in [3.8, 4) is 0 Å². The topological polar surface area (TPSA) is 58.6 Å². The molecule has 0 amide bonds. The molecule has 4 nitrogen and oxygen atoms in total. The maximum Gasteiger partial charge on any atom is 0.312 e.